The number of aromatic nitrogens is 3. The predicted octanol–water partition coefficient (Wildman–Crippen LogP) is 1.69. The van der Waals surface area contributed by atoms with Gasteiger partial charge in [0.2, 0.25) is 0 Å². The van der Waals surface area contributed by atoms with Gasteiger partial charge in [0.25, 0.3) is 5.91 Å². The Labute approximate surface area is 164 Å². The third-order valence-corrected chi connectivity index (χ3v) is 4.97. The van der Waals surface area contributed by atoms with Gasteiger partial charge in [-0.3, -0.25) is 19.6 Å². The van der Waals surface area contributed by atoms with E-state index in [1.54, 1.807) is 25.4 Å². The van der Waals surface area contributed by atoms with Gasteiger partial charge in [0.1, 0.15) is 11.3 Å². The van der Waals surface area contributed by atoms with Gasteiger partial charge in [-0.1, -0.05) is 29.5 Å². The van der Waals surface area contributed by atoms with Crippen LogP contribution in [0.3, 0.4) is 0 Å². The van der Waals surface area contributed by atoms with Crippen molar-refractivity contribution >= 4 is 12.0 Å². The van der Waals surface area contributed by atoms with Crippen LogP contribution >= 0.6 is 0 Å². The van der Waals surface area contributed by atoms with E-state index in [4.69, 9.17) is 5.21 Å². The zero-order valence-electron chi connectivity index (χ0n) is 16.2. The summed E-state index contributed by atoms with van der Waals surface area (Å²) in [5, 5.41) is 26.8. The van der Waals surface area contributed by atoms with Crippen molar-refractivity contribution in [3.05, 3.63) is 53.4 Å². The van der Waals surface area contributed by atoms with Crippen molar-refractivity contribution in [3.63, 3.8) is 0 Å². The first-order chi connectivity index (χ1) is 13.3. The van der Waals surface area contributed by atoms with E-state index in [0.29, 0.717) is 11.7 Å². The average molecular weight is 385 g/mol. The molecule has 0 spiro atoms. The molecule has 1 saturated heterocycles. The molecule has 1 aliphatic rings. The summed E-state index contributed by atoms with van der Waals surface area (Å²) in [6.45, 7) is 6.05. The van der Waals surface area contributed by atoms with Gasteiger partial charge in [0.15, 0.2) is 0 Å². The van der Waals surface area contributed by atoms with Crippen molar-refractivity contribution in [1.29, 1.82) is 0 Å². The highest BCUT2D eigenvalue weighted by Crippen LogP contribution is 2.22. The monoisotopic (exact) mass is 385 g/mol. The van der Waals surface area contributed by atoms with Crippen LogP contribution in [0.25, 0.3) is 6.08 Å². The number of hydrogen-bond acceptors (Lipinski definition) is 6. The Morgan fingerprint density at radius 1 is 1.36 bits per heavy atom. The van der Waals surface area contributed by atoms with Crippen molar-refractivity contribution in [2.24, 2.45) is 0 Å². The summed E-state index contributed by atoms with van der Waals surface area (Å²) in [6.07, 6.45) is 7.01. The second kappa shape index (κ2) is 8.64. The van der Waals surface area contributed by atoms with E-state index >= 15 is 0 Å². The highest BCUT2D eigenvalue weighted by Gasteiger charge is 2.26. The molecule has 150 valence electrons. The molecular weight excluding hydrogens is 358 g/mol. The molecule has 0 bridgehead atoms. The van der Waals surface area contributed by atoms with Crippen molar-refractivity contribution < 1.29 is 15.1 Å². The first kappa shape index (κ1) is 20.2. The molecule has 1 aromatic heterocycles. The lowest BCUT2D eigenvalue weighted by Crippen LogP contribution is -2.32. The van der Waals surface area contributed by atoms with E-state index in [2.05, 4.69) is 15.2 Å². The van der Waals surface area contributed by atoms with Gasteiger partial charge in [-0.05, 0) is 50.4 Å². The van der Waals surface area contributed by atoms with Crippen LogP contribution < -0.4 is 5.48 Å². The number of nitrogens with one attached hydrogen (secondary N) is 1. The maximum atomic E-state index is 11.0. The number of aliphatic hydroxyl groups is 1. The first-order valence-corrected chi connectivity index (χ1v) is 9.43. The lowest BCUT2D eigenvalue weighted by Gasteiger charge is -2.24. The topological polar surface area (TPSA) is 104 Å². The van der Waals surface area contributed by atoms with Gasteiger partial charge in [-0.25, -0.2) is 5.48 Å². The number of hydroxylamine groups is 1. The Morgan fingerprint density at radius 3 is 2.75 bits per heavy atom. The fourth-order valence-corrected chi connectivity index (χ4v) is 3.37. The van der Waals surface area contributed by atoms with Crippen LogP contribution in [-0.4, -0.2) is 48.7 Å². The molecule has 1 atom stereocenters. The molecule has 3 N–H and O–H groups in total. The van der Waals surface area contributed by atoms with E-state index in [1.807, 2.05) is 35.1 Å². The molecule has 0 aliphatic carbocycles. The van der Waals surface area contributed by atoms with Crippen LogP contribution in [0.15, 0.2) is 36.5 Å². The predicted molar refractivity (Wildman–Crippen MR) is 104 cm³/mol. The lowest BCUT2D eigenvalue weighted by molar-refractivity contribution is -0.124. The summed E-state index contributed by atoms with van der Waals surface area (Å²) in [4.78, 5) is 13.5. The van der Waals surface area contributed by atoms with Gasteiger partial charge >= 0.3 is 0 Å². The van der Waals surface area contributed by atoms with E-state index in [1.165, 1.54) is 11.6 Å². The molecule has 0 saturated carbocycles. The normalized spacial score (nSPS) is 18.1. The largest absolute Gasteiger partial charge is 0.384 e. The van der Waals surface area contributed by atoms with E-state index in [-0.39, 0.29) is 0 Å². The molecule has 28 heavy (non-hydrogen) atoms. The molecule has 1 fully saturated rings. The first-order valence-electron chi connectivity index (χ1n) is 9.43. The molecule has 1 aromatic carbocycles. The zero-order valence-corrected chi connectivity index (χ0v) is 16.2. The van der Waals surface area contributed by atoms with Gasteiger partial charge in [-0.2, -0.15) is 0 Å². The number of hydrogen-bond donors (Lipinski definition) is 3. The number of benzene rings is 1. The molecule has 8 heteroatoms. The molecule has 8 nitrogen and oxygen atoms in total. The molecule has 1 amide bonds. The van der Waals surface area contributed by atoms with Gasteiger partial charge in [0.05, 0.1) is 12.7 Å². The highest BCUT2D eigenvalue weighted by atomic mass is 16.5. The minimum Gasteiger partial charge on any atom is -0.384 e. The summed E-state index contributed by atoms with van der Waals surface area (Å²) < 4.78 is 1.82. The third kappa shape index (κ3) is 5.25. The summed E-state index contributed by atoms with van der Waals surface area (Å²) in [5.74, 6) is -0.551. The maximum absolute atomic E-state index is 11.0. The second-order valence-corrected chi connectivity index (χ2v) is 7.70. The minimum atomic E-state index is -0.984. The van der Waals surface area contributed by atoms with Crippen LogP contribution in [0.4, 0.5) is 0 Å². The third-order valence-electron chi connectivity index (χ3n) is 4.97. The Kier molecular flexibility index (Phi) is 6.23. The van der Waals surface area contributed by atoms with Crippen LogP contribution in [-0.2, 0) is 23.5 Å². The van der Waals surface area contributed by atoms with Crippen molar-refractivity contribution in [3.8, 4) is 0 Å². The smallest absolute Gasteiger partial charge is 0.267 e. The zero-order chi connectivity index (χ0) is 20.1. The Hall–Kier alpha value is -2.55. The van der Waals surface area contributed by atoms with Gasteiger partial charge in [0, 0.05) is 18.7 Å². The number of amides is 1. The second-order valence-electron chi connectivity index (χ2n) is 7.70. The number of likely N-dealkylation sites (tertiary alicyclic amines) is 1. The fraction of sp³-hybridized carbons (Fsp3) is 0.450. The van der Waals surface area contributed by atoms with Crippen LogP contribution in [0.1, 0.15) is 43.5 Å². The molecule has 0 radical (unpaired) electrons. The average Bonchev–Trinajstić information content (AvgIpc) is 3.31. The summed E-state index contributed by atoms with van der Waals surface area (Å²) >= 11 is 0. The van der Waals surface area contributed by atoms with Gasteiger partial charge in [-0.15, -0.1) is 5.10 Å². The van der Waals surface area contributed by atoms with Crippen molar-refractivity contribution in [1.82, 2.24) is 25.4 Å². The van der Waals surface area contributed by atoms with Crippen molar-refractivity contribution in [2.45, 2.75) is 51.4 Å². The summed E-state index contributed by atoms with van der Waals surface area (Å²) in [5.41, 5.74) is 3.26. The van der Waals surface area contributed by atoms with Crippen molar-refractivity contribution in [2.75, 3.05) is 6.54 Å². The molecule has 1 unspecified atom stereocenters. The Bertz CT molecular complexity index is 823. The standard InChI is InChI=1S/C20H27N5O3/c1-20(2,27)18-14-25(23-21-18)13-17-4-3-11-24(17)12-16-7-5-15(6-8-16)9-10-19(26)22-28/h5-10,14,17,27-28H,3-4,11-13H2,1-2H3,(H,22,26). The quantitative estimate of drug-likeness (QED) is 0.381. The molecular formula is C20H27N5O3. The maximum Gasteiger partial charge on any atom is 0.267 e. The van der Waals surface area contributed by atoms with E-state index in [9.17, 15) is 9.90 Å². The molecule has 2 heterocycles. The van der Waals surface area contributed by atoms with Gasteiger partial charge < -0.3 is 5.11 Å². The van der Waals surface area contributed by atoms with E-state index in [0.717, 1.165) is 38.0 Å². The highest BCUT2D eigenvalue weighted by molar-refractivity contribution is 5.90. The molecule has 3 rings (SSSR count). The Morgan fingerprint density at radius 2 is 2.11 bits per heavy atom. The number of nitrogens with zero attached hydrogens (tertiary/aromatic N) is 4. The molecule has 2 aromatic rings. The Balaban J connectivity index is 1.60. The summed E-state index contributed by atoms with van der Waals surface area (Å²) in [7, 11) is 0. The minimum absolute atomic E-state index is 0.379. The summed E-state index contributed by atoms with van der Waals surface area (Å²) in [6, 6.07) is 8.38. The van der Waals surface area contributed by atoms with E-state index < -0.39 is 11.5 Å². The van der Waals surface area contributed by atoms with Crippen LogP contribution in [0, 0.1) is 0 Å². The fourth-order valence-electron chi connectivity index (χ4n) is 3.37. The number of rotatable bonds is 7. The molecule has 1 aliphatic heterocycles. The lowest BCUT2D eigenvalue weighted by atomic mass is 10.1. The SMILES string of the molecule is CC(C)(O)c1cn(CC2CCCN2Cc2ccc(C=CC(=O)NO)cc2)nn1. The van der Waals surface area contributed by atoms with Crippen LogP contribution in [0.5, 0.6) is 0 Å². The number of carbonyl (C=O) groups is 1. The van der Waals surface area contributed by atoms with Crippen LogP contribution in [0.2, 0.25) is 0 Å². The number of carbonyl (C=O) groups excluding carboxylic acids is 1.